The quantitative estimate of drug-likeness (QED) is 0.399. The van der Waals surface area contributed by atoms with Gasteiger partial charge in [-0.3, -0.25) is 14.7 Å². The number of fused-ring (bicyclic) bond motifs is 1. The lowest BCUT2D eigenvalue weighted by molar-refractivity contribution is 0.0984. The number of benzene rings is 2. The number of aryl methyl sites for hydroxylation is 1. The van der Waals surface area contributed by atoms with Crippen molar-refractivity contribution in [1.82, 2.24) is 9.97 Å². The first kappa shape index (κ1) is 22.1. The number of hydrogen-bond donors (Lipinski definition) is 0. The van der Waals surface area contributed by atoms with Crippen LogP contribution in [0.5, 0.6) is 0 Å². The van der Waals surface area contributed by atoms with Crippen molar-refractivity contribution in [3.05, 3.63) is 83.7 Å². The van der Waals surface area contributed by atoms with E-state index >= 15 is 0 Å². The number of para-hydroxylation sites is 1. The highest BCUT2D eigenvalue weighted by Crippen LogP contribution is 2.32. The summed E-state index contributed by atoms with van der Waals surface area (Å²) in [6.45, 7) is 5.46. The van der Waals surface area contributed by atoms with Crippen molar-refractivity contribution in [2.75, 3.05) is 4.90 Å². The minimum atomic E-state index is -3.50. The Hall–Kier alpha value is -3.10. The van der Waals surface area contributed by atoms with Crippen LogP contribution in [0.4, 0.5) is 5.13 Å². The van der Waals surface area contributed by atoms with E-state index in [1.807, 2.05) is 43.3 Å². The minimum absolute atomic E-state index is 0.135. The second-order valence-corrected chi connectivity index (χ2v) is 11.3. The zero-order valence-corrected chi connectivity index (χ0v) is 19.7. The van der Waals surface area contributed by atoms with Crippen LogP contribution in [0.1, 0.15) is 35.5 Å². The summed E-state index contributed by atoms with van der Waals surface area (Å²) in [6, 6.07) is 17.6. The van der Waals surface area contributed by atoms with E-state index in [0.717, 1.165) is 15.8 Å². The van der Waals surface area contributed by atoms with E-state index in [4.69, 9.17) is 4.98 Å². The van der Waals surface area contributed by atoms with E-state index in [9.17, 15) is 13.2 Å². The molecular formula is C24H23N3O3S2. The fourth-order valence-corrected chi connectivity index (χ4v) is 5.45. The SMILES string of the molecule is Cc1cccc2sc(N(Cc3ccccn3)C(=O)c3cccc(S(=O)(=O)C(C)C)c3)nc12. The number of rotatable bonds is 6. The van der Waals surface area contributed by atoms with Gasteiger partial charge in [0.25, 0.3) is 5.91 Å². The molecule has 0 saturated heterocycles. The Balaban J connectivity index is 1.79. The molecule has 0 N–H and O–H groups in total. The van der Waals surface area contributed by atoms with Crippen LogP contribution in [0, 0.1) is 6.92 Å². The van der Waals surface area contributed by atoms with Gasteiger partial charge in [-0.2, -0.15) is 0 Å². The lowest BCUT2D eigenvalue weighted by atomic mass is 10.2. The highest BCUT2D eigenvalue weighted by molar-refractivity contribution is 7.92. The van der Waals surface area contributed by atoms with Crippen LogP contribution < -0.4 is 4.90 Å². The zero-order valence-electron chi connectivity index (χ0n) is 18.0. The van der Waals surface area contributed by atoms with Crippen molar-refractivity contribution in [1.29, 1.82) is 0 Å². The fourth-order valence-electron chi connectivity index (χ4n) is 3.30. The van der Waals surface area contributed by atoms with Crippen LogP contribution in [0.15, 0.2) is 71.8 Å². The summed E-state index contributed by atoms with van der Waals surface area (Å²) in [4.78, 5) is 24.4. The van der Waals surface area contributed by atoms with Crippen LogP contribution in [0.2, 0.25) is 0 Å². The highest BCUT2D eigenvalue weighted by Gasteiger charge is 2.25. The van der Waals surface area contributed by atoms with Gasteiger partial charge < -0.3 is 0 Å². The third-order valence-electron chi connectivity index (χ3n) is 5.16. The summed E-state index contributed by atoms with van der Waals surface area (Å²) < 4.78 is 26.3. The summed E-state index contributed by atoms with van der Waals surface area (Å²) in [5.41, 5.74) is 2.88. The number of anilines is 1. The molecule has 6 nitrogen and oxygen atoms in total. The number of sulfone groups is 1. The molecule has 0 unspecified atom stereocenters. The van der Waals surface area contributed by atoms with Crippen molar-refractivity contribution < 1.29 is 13.2 Å². The molecule has 2 aromatic heterocycles. The summed E-state index contributed by atoms with van der Waals surface area (Å²) in [6.07, 6.45) is 1.68. The van der Waals surface area contributed by atoms with Crippen molar-refractivity contribution in [3.8, 4) is 0 Å². The van der Waals surface area contributed by atoms with Gasteiger partial charge in [0.15, 0.2) is 15.0 Å². The van der Waals surface area contributed by atoms with Crippen molar-refractivity contribution in [2.24, 2.45) is 0 Å². The maximum absolute atomic E-state index is 13.6. The number of carbonyl (C=O) groups is 1. The molecule has 8 heteroatoms. The molecular weight excluding hydrogens is 442 g/mol. The molecule has 4 aromatic rings. The van der Waals surface area contributed by atoms with E-state index in [2.05, 4.69) is 4.98 Å². The molecule has 0 aliphatic rings. The largest absolute Gasteiger partial charge is 0.278 e. The van der Waals surface area contributed by atoms with Gasteiger partial charge >= 0.3 is 0 Å². The van der Waals surface area contributed by atoms with Gasteiger partial charge in [-0.1, -0.05) is 35.6 Å². The van der Waals surface area contributed by atoms with Crippen LogP contribution in [-0.2, 0) is 16.4 Å². The van der Waals surface area contributed by atoms with E-state index in [1.165, 1.54) is 23.5 Å². The molecule has 4 rings (SSSR count). The van der Waals surface area contributed by atoms with Crippen LogP contribution in [0.3, 0.4) is 0 Å². The Bertz CT molecular complexity index is 1380. The maximum atomic E-state index is 13.6. The zero-order chi connectivity index (χ0) is 22.9. The Kier molecular flexibility index (Phi) is 6.08. The highest BCUT2D eigenvalue weighted by atomic mass is 32.2. The summed E-state index contributed by atoms with van der Waals surface area (Å²) in [5, 5.41) is -0.0354. The van der Waals surface area contributed by atoms with Gasteiger partial charge in [0.2, 0.25) is 0 Å². The lowest BCUT2D eigenvalue weighted by Crippen LogP contribution is -2.31. The first-order valence-corrected chi connectivity index (χ1v) is 12.6. The molecule has 0 aliphatic carbocycles. The molecule has 0 bridgehead atoms. The molecule has 0 aliphatic heterocycles. The standard InChI is InChI=1S/C24H23N3O3S2/c1-16(2)32(29,30)20-11-7-9-18(14-20)23(28)27(15-19-10-4-5-13-25-19)24-26-22-17(3)8-6-12-21(22)31-24/h4-14,16H,15H2,1-3H3. The number of thiazole rings is 1. The number of amides is 1. The minimum Gasteiger partial charge on any atom is -0.278 e. The molecule has 0 atom stereocenters. The monoisotopic (exact) mass is 465 g/mol. The predicted molar refractivity (Wildman–Crippen MR) is 128 cm³/mol. The second kappa shape index (κ2) is 8.80. The topological polar surface area (TPSA) is 80.2 Å². The van der Waals surface area contributed by atoms with E-state index < -0.39 is 15.1 Å². The Labute approximate surface area is 191 Å². The molecule has 0 fully saturated rings. The normalized spacial score (nSPS) is 11.8. The van der Waals surface area contributed by atoms with Crippen LogP contribution >= 0.6 is 11.3 Å². The van der Waals surface area contributed by atoms with E-state index in [0.29, 0.717) is 16.4 Å². The van der Waals surface area contributed by atoms with E-state index in [-0.39, 0.29) is 17.3 Å². The van der Waals surface area contributed by atoms with E-state index in [1.54, 1.807) is 37.1 Å². The molecule has 1 amide bonds. The molecule has 2 heterocycles. The third-order valence-corrected chi connectivity index (χ3v) is 8.36. The predicted octanol–water partition coefficient (Wildman–Crippen LogP) is 5.03. The van der Waals surface area contributed by atoms with Gasteiger partial charge in [-0.05, 0) is 62.7 Å². The smallest absolute Gasteiger partial charge is 0.260 e. The van der Waals surface area contributed by atoms with Crippen LogP contribution in [0.25, 0.3) is 10.2 Å². The lowest BCUT2D eigenvalue weighted by Gasteiger charge is -2.20. The maximum Gasteiger partial charge on any atom is 0.260 e. The Morgan fingerprint density at radius 2 is 1.84 bits per heavy atom. The van der Waals surface area contributed by atoms with Gasteiger partial charge in [0, 0.05) is 11.8 Å². The Morgan fingerprint density at radius 3 is 2.53 bits per heavy atom. The number of pyridine rings is 1. The first-order chi connectivity index (χ1) is 15.3. The van der Waals surface area contributed by atoms with Crippen molar-refractivity contribution in [3.63, 3.8) is 0 Å². The molecule has 0 spiro atoms. The van der Waals surface area contributed by atoms with Gasteiger partial charge in [0.05, 0.1) is 32.6 Å². The van der Waals surface area contributed by atoms with Gasteiger partial charge in [0.1, 0.15) is 0 Å². The average Bonchev–Trinajstić information content (AvgIpc) is 3.23. The van der Waals surface area contributed by atoms with Crippen molar-refractivity contribution in [2.45, 2.75) is 37.5 Å². The number of carbonyl (C=O) groups excluding carboxylic acids is 1. The van der Waals surface area contributed by atoms with Crippen molar-refractivity contribution >= 4 is 42.4 Å². The van der Waals surface area contributed by atoms with Gasteiger partial charge in [-0.15, -0.1) is 0 Å². The van der Waals surface area contributed by atoms with Crippen LogP contribution in [-0.4, -0.2) is 29.5 Å². The second-order valence-electron chi connectivity index (χ2n) is 7.75. The fraction of sp³-hybridized carbons (Fsp3) is 0.208. The summed E-state index contributed by atoms with van der Waals surface area (Å²) in [5.74, 6) is -0.326. The number of hydrogen-bond acceptors (Lipinski definition) is 6. The molecule has 0 saturated carbocycles. The molecule has 32 heavy (non-hydrogen) atoms. The molecule has 2 aromatic carbocycles. The Morgan fingerprint density at radius 1 is 1.06 bits per heavy atom. The summed E-state index contributed by atoms with van der Waals surface area (Å²) in [7, 11) is -3.50. The van der Waals surface area contributed by atoms with Gasteiger partial charge in [-0.25, -0.2) is 13.4 Å². The average molecular weight is 466 g/mol. The third kappa shape index (κ3) is 4.28. The summed E-state index contributed by atoms with van der Waals surface area (Å²) >= 11 is 1.42. The molecule has 164 valence electrons. The number of nitrogens with zero attached hydrogens (tertiary/aromatic N) is 3. The molecule has 0 radical (unpaired) electrons. The first-order valence-electron chi connectivity index (χ1n) is 10.2. The number of aromatic nitrogens is 2.